The Bertz CT molecular complexity index is 385. The third-order valence-electron chi connectivity index (χ3n) is 3.23. The largest absolute Gasteiger partial charge is 0.318 e. The second-order valence-corrected chi connectivity index (χ2v) is 6.29. The standard InChI is InChI=1S/C17H28N2/c1-14(13-19-11-10-18-5)12-15-6-8-16(9-7-15)17(2,3)4/h6-9,13-14,18H,10-12H2,1-5H3/b19-13+. The van der Waals surface area contributed by atoms with Crippen molar-refractivity contribution in [3.05, 3.63) is 35.4 Å². The summed E-state index contributed by atoms with van der Waals surface area (Å²) >= 11 is 0. The van der Waals surface area contributed by atoms with E-state index in [-0.39, 0.29) is 5.41 Å². The molecule has 0 fully saturated rings. The topological polar surface area (TPSA) is 24.4 Å². The van der Waals surface area contributed by atoms with Gasteiger partial charge < -0.3 is 5.32 Å². The van der Waals surface area contributed by atoms with Crippen molar-refractivity contribution in [2.45, 2.75) is 39.5 Å². The van der Waals surface area contributed by atoms with Gasteiger partial charge in [0.25, 0.3) is 0 Å². The molecule has 1 aromatic rings. The van der Waals surface area contributed by atoms with Crippen LogP contribution in [0.4, 0.5) is 0 Å². The molecule has 106 valence electrons. The Kier molecular flexibility index (Phi) is 6.23. The SMILES string of the molecule is CNCC/N=C/C(C)Cc1ccc(C(C)(C)C)cc1. The van der Waals surface area contributed by atoms with Crippen LogP contribution in [0.5, 0.6) is 0 Å². The number of rotatable bonds is 6. The van der Waals surface area contributed by atoms with Crippen molar-refractivity contribution in [1.82, 2.24) is 5.32 Å². The Morgan fingerprint density at radius 1 is 1.21 bits per heavy atom. The molecule has 0 spiro atoms. The number of aliphatic imine (C=N–C) groups is 1. The lowest BCUT2D eigenvalue weighted by Gasteiger charge is -2.19. The number of benzene rings is 1. The summed E-state index contributed by atoms with van der Waals surface area (Å²) in [4.78, 5) is 4.43. The number of hydrogen-bond donors (Lipinski definition) is 1. The predicted octanol–water partition coefficient (Wildman–Crippen LogP) is 3.45. The first-order valence-corrected chi connectivity index (χ1v) is 7.17. The third kappa shape index (κ3) is 6.02. The van der Waals surface area contributed by atoms with E-state index in [1.807, 2.05) is 7.05 Å². The van der Waals surface area contributed by atoms with E-state index in [4.69, 9.17) is 0 Å². The van der Waals surface area contributed by atoms with Crippen molar-refractivity contribution >= 4 is 6.21 Å². The van der Waals surface area contributed by atoms with Crippen LogP contribution in [0.3, 0.4) is 0 Å². The molecule has 2 nitrogen and oxygen atoms in total. The highest BCUT2D eigenvalue weighted by molar-refractivity contribution is 5.60. The van der Waals surface area contributed by atoms with E-state index in [9.17, 15) is 0 Å². The summed E-state index contributed by atoms with van der Waals surface area (Å²) in [5, 5.41) is 3.10. The van der Waals surface area contributed by atoms with Gasteiger partial charge in [0.1, 0.15) is 0 Å². The normalized spacial score (nSPS) is 13.9. The van der Waals surface area contributed by atoms with Crippen LogP contribution in [-0.4, -0.2) is 26.4 Å². The van der Waals surface area contributed by atoms with Crippen molar-refractivity contribution in [2.24, 2.45) is 10.9 Å². The fraction of sp³-hybridized carbons (Fsp3) is 0.588. The summed E-state index contributed by atoms with van der Waals surface area (Å²) in [5.74, 6) is 0.498. The minimum absolute atomic E-state index is 0.235. The molecule has 2 heteroatoms. The lowest BCUT2D eigenvalue weighted by atomic mass is 9.86. The molecule has 0 radical (unpaired) electrons. The molecular formula is C17H28N2. The number of likely N-dealkylation sites (N-methyl/N-ethyl adjacent to an activating group) is 1. The van der Waals surface area contributed by atoms with Gasteiger partial charge in [-0.1, -0.05) is 52.0 Å². The van der Waals surface area contributed by atoms with E-state index in [0.29, 0.717) is 5.92 Å². The fourth-order valence-electron chi connectivity index (χ4n) is 2.00. The van der Waals surface area contributed by atoms with Crippen LogP contribution < -0.4 is 5.32 Å². The van der Waals surface area contributed by atoms with Crippen LogP contribution in [0, 0.1) is 5.92 Å². The summed E-state index contributed by atoms with van der Waals surface area (Å²) in [5.41, 5.74) is 3.02. The van der Waals surface area contributed by atoms with Crippen molar-refractivity contribution in [1.29, 1.82) is 0 Å². The second-order valence-electron chi connectivity index (χ2n) is 6.29. The first-order chi connectivity index (χ1) is 8.93. The van der Waals surface area contributed by atoms with Gasteiger partial charge in [0.05, 0.1) is 6.54 Å². The van der Waals surface area contributed by atoms with E-state index in [1.54, 1.807) is 0 Å². The molecule has 19 heavy (non-hydrogen) atoms. The van der Waals surface area contributed by atoms with Crippen LogP contribution in [0.25, 0.3) is 0 Å². The molecule has 1 aromatic carbocycles. The van der Waals surface area contributed by atoms with Crippen LogP contribution in [0.2, 0.25) is 0 Å². The maximum atomic E-state index is 4.43. The van der Waals surface area contributed by atoms with Gasteiger partial charge in [-0.3, -0.25) is 4.99 Å². The molecule has 1 unspecified atom stereocenters. The Balaban J connectivity index is 2.51. The van der Waals surface area contributed by atoms with Crippen molar-refractivity contribution < 1.29 is 0 Å². The Hall–Kier alpha value is -1.15. The number of hydrogen-bond acceptors (Lipinski definition) is 2. The molecule has 0 aliphatic carbocycles. The summed E-state index contributed by atoms with van der Waals surface area (Å²) in [7, 11) is 1.95. The predicted molar refractivity (Wildman–Crippen MR) is 85.3 cm³/mol. The van der Waals surface area contributed by atoms with Gasteiger partial charge in [0.15, 0.2) is 0 Å². The van der Waals surface area contributed by atoms with Gasteiger partial charge in [-0.25, -0.2) is 0 Å². The molecule has 1 rings (SSSR count). The molecule has 0 aliphatic rings. The summed E-state index contributed by atoms with van der Waals surface area (Å²) in [6.45, 7) is 10.8. The summed E-state index contributed by atoms with van der Waals surface area (Å²) in [6.07, 6.45) is 3.14. The molecule has 0 heterocycles. The Morgan fingerprint density at radius 3 is 2.37 bits per heavy atom. The van der Waals surface area contributed by atoms with Crippen molar-refractivity contribution in [3.8, 4) is 0 Å². The van der Waals surface area contributed by atoms with Gasteiger partial charge in [-0.15, -0.1) is 0 Å². The highest BCUT2D eigenvalue weighted by Crippen LogP contribution is 2.22. The highest BCUT2D eigenvalue weighted by Gasteiger charge is 2.12. The molecule has 0 saturated carbocycles. The van der Waals surface area contributed by atoms with Crippen LogP contribution in [0.1, 0.15) is 38.8 Å². The molecule has 0 saturated heterocycles. The van der Waals surface area contributed by atoms with Gasteiger partial charge in [-0.05, 0) is 35.9 Å². The lowest BCUT2D eigenvalue weighted by molar-refractivity contribution is 0.589. The van der Waals surface area contributed by atoms with Gasteiger partial charge in [0, 0.05) is 12.8 Å². The van der Waals surface area contributed by atoms with E-state index in [0.717, 1.165) is 19.5 Å². The highest BCUT2D eigenvalue weighted by atomic mass is 14.9. The second kappa shape index (κ2) is 7.44. The van der Waals surface area contributed by atoms with Gasteiger partial charge >= 0.3 is 0 Å². The Morgan fingerprint density at radius 2 is 1.84 bits per heavy atom. The van der Waals surface area contributed by atoms with E-state index >= 15 is 0 Å². The zero-order valence-corrected chi connectivity index (χ0v) is 13.0. The number of nitrogens with zero attached hydrogens (tertiary/aromatic N) is 1. The zero-order valence-electron chi connectivity index (χ0n) is 13.0. The average molecular weight is 260 g/mol. The quantitative estimate of drug-likeness (QED) is 0.615. The molecule has 0 amide bonds. The van der Waals surface area contributed by atoms with E-state index in [1.165, 1.54) is 11.1 Å². The maximum absolute atomic E-state index is 4.43. The molecule has 0 aliphatic heterocycles. The van der Waals surface area contributed by atoms with Crippen LogP contribution in [-0.2, 0) is 11.8 Å². The molecule has 0 bridgehead atoms. The van der Waals surface area contributed by atoms with Crippen molar-refractivity contribution in [2.75, 3.05) is 20.1 Å². The molecule has 0 aromatic heterocycles. The smallest absolute Gasteiger partial charge is 0.0510 e. The fourth-order valence-corrected chi connectivity index (χ4v) is 2.00. The minimum atomic E-state index is 0.235. The molecule has 1 atom stereocenters. The average Bonchev–Trinajstić information content (AvgIpc) is 2.34. The molecule has 1 N–H and O–H groups in total. The van der Waals surface area contributed by atoms with Crippen LogP contribution in [0.15, 0.2) is 29.3 Å². The first-order valence-electron chi connectivity index (χ1n) is 7.17. The van der Waals surface area contributed by atoms with Gasteiger partial charge in [-0.2, -0.15) is 0 Å². The first kappa shape index (κ1) is 15.9. The number of nitrogens with one attached hydrogen (secondary N) is 1. The zero-order chi connectivity index (χ0) is 14.3. The lowest BCUT2D eigenvalue weighted by Crippen LogP contribution is -2.12. The minimum Gasteiger partial charge on any atom is -0.318 e. The van der Waals surface area contributed by atoms with E-state index in [2.05, 4.69) is 68.5 Å². The van der Waals surface area contributed by atoms with Gasteiger partial charge in [0.2, 0.25) is 0 Å². The molecular weight excluding hydrogens is 232 g/mol. The monoisotopic (exact) mass is 260 g/mol. The third-order valence-corrected chi connectivity index (χ3v) is 3.23. The van der Waals surface area contributed by atoms with Crippen LogP contribution >= 0.6 is 0 Å². The summed E-state index contributed by atoms with van der Waals surface area (Å²) in [6, 6.07) is 9.00. The van der Waals surface area contributed by atoms with E-state index < -0.39 is 0 Å². The Labute approximate surface area is 118 Å². The maximum Gasteiger partial charge on any atom is 0.0510 e. The summed E-state index contributed by atoms with van der Waals surface area (Å²) < 4.78 is 0. The van der Waals surface area contributed by atoms with Crippen molar-refractivity contribution in [3.63, 3.8) is 0 Å².